The first-order valence-electron chi connectivity index (χ1n) is 3.88. The normalized spacial score (nSPS) is 10.6. The van der Waals surface area contributed by atoms with Crippen LogP contribution in [0, 0.1) is 0 Å². The van der Waals surface area contributed by atoms with E-state index in [1.807, 2.05) is 0 Å². The highest BCUT2D eigenvalue weighted by Crippen LogP contribution is 2.30. The first-order chi connectivity index (χ1) is 7.16. The van der Waals surface area contributed by atoms with Gasteiger partial charge in [-0.15, -0.1) is 5.10 Å². The summed E-state index contributed by atoms with van der Waals surface area (Å²) in [4.78, 5) is 4.17. The largest absolute Gasteiger partial charge is 0.247 e. The third-order valence-corrected chi connectivity index (χ3v) is 3.42. The van der Waals surface area contributed by atoms with Crippen LogP contribution in [-0.2, 0) is 7.05 Å². The highest BCUT2D eigenvalue weighted by atomic mass is 79.9. The average Bonchev–Trinajstić information content (AvgIpc) is 2.57. The Balaban J connectivity index is 2.29. The molecule has 0 fully saturated rings. The Labute approximate surface area is 103 Å². The van der Waals surface area contributed by atoms with E-state index in [2.05, 4.69) is 36.4 Å². The van der Waals surface area contributed by atoms with Crippen molar-refractivity contribution in [2.75, 3.05) is 0 Å². The zero-order valence-corrected chi connectivity index (χ0v) is 10.7. The van der Waals surface area contributed by atoms with Gasteiger partial charge in [-0.2, -0.15) is 0 Å². The third-order valence-electron chi connectivity index (χ3n) is 1.54. The van der Waals surface area contributed by atoms with Crippen molar-refractivity contribution >= 4 is 39.3 Å². The fraction of sp³-hybridized carbons (Fsp3) is 0.143. The highest BCUT2D eigenvalue weighted by molar-refractivity contribution is 9.10. The smallest absolute Gasteiger partial charge is 0.215 e. The maximum atomic E-state index is 6.01. The Bertz CT molecular complexity index is 488. The lowest BCUT2D eigenvalue weighted by Crippen LogP contribution is -1.93. The lowest BCUT2D eigenvalue weighted by Gasteiger charge is -2.01. The lowest BCUT2D eigenvalue weighted by atomic mass is 10.5. The van der Waals surface area contributed by atoms with E-state index in [9.17, 15) is 0 Å². The van der Waals surface area contributed by atoms with E-state index >= 15 is 0 Å². The van der Waals surface area contributed by atoms with Crippen LogP contribution in [0.4, 0.5) is 0 Å². The van der Waals surface area contributed by atoms with Gasteiger partial charge in [0.15, 0.2) is 0 Å². The van der Waals surface area contributed by atoms with Gasteiger partial charge in [0.25, 0.3) is 0 Å². The Morgan fingerprint density at radius 1 is 1.53 bits per heavy atom. The Kier molecular flexibility index (Phi) is 3.22. The molecule has 0 aromatic carbocycles. The summed E-state index contributed by atoms with van der Waals surface area (Å²) in [5.41, 5.74) is 0. The minimum absolute atomic E-state index is 0.567. The number of tetrazole rings is 1. The van der Waals surface area contributed by atoms with E-state index in [4.69, 9.17) is 11.6 Å². The van der Waals surface area contributed by atoms with Gasteiger partial charge in [-0.1, -0.05) is 11.6 Å². The molecule has 0 aliphatic heterocycles. The number of hydrogen-bond donors (Lipinski definition) is 0. The molecule has 8 heteroatoms. The minimum atomic E-state index is 0.567. The summed E-state index contributed by atoms with van der Waals surface area (Å²) in [6, 6.07) is 1.78. The molecular formula is C7H5BrClN5S. The van der Waals surface area contributed by atoms with E-state index < -0.39 is 0 Å². The summed E-state index contributed by atoms with van der Waals surface area (Å²) in [5.74, 6) is 0. The van der Waals surface area contributed by atoms with Gasteiger partial charge in [-0.05, 0) is 44.2 Å². The quantitative estimate of drug-likeness (QED) is 0.851. The molecule has 2 aromatic rings. The molecular weight excluding hydrogens is 302 g/mol. The number of halogens is 2. The van der Waals surface area contributed by atoms with Crippen molar-refractivity contribution in [3.63, 3.8) is 0 Å². The van der Waals surface area contributed by atoms with Crippen molar-refractivity contribution in [1.82, 2.24) is 25.2 Å². The zero-order chi connectivity index (χ0) is 10.8. The molecule has 0 saturated heterocycles. The van der Waals surface area contributed by atoms with Gasteiger partial charge in [0.2, 0.25) is 5.16 Å². The second-order valence-corrected chi connectivity index (χ2v) is 4.91. The second-order valence-electron chi connectivity index (χ2n) is 2.63. The van der Waals surface area contributed by atoms with Crippen LogP contribution in [0.15, 0.2) is 26.9 Å². The Hall–Kier alpha value is -0.660. The summed E-state index contributed by atoms with van der Waals surface area (Å²) in [7, 11) is 1.76. The van der Waals surface area contributed by atoms with Gasteiger partial charge >= 0.3 is 0 Å². The van der Waals surface area contributed by atoms with Crippen LogP contribution in [0.25, 0.3) is 0 Å². The molecule has 0 aliphatic rings. The van der Waals surface area contributed by atoms with E-state index in [1.54, 1.807) is 24.0 Å². The van der Waals surface area contributed by atoms with E-state index in [0.29, 0.717) is 15.2 Å². The van der Waals surface area contributed by atoms with Crippen molar-refractivity contribution in [2.45, 2.75) is 10.2 Å². The molecule has 0 spiro atoms. The zero-order valence-electron chi connectivity index (χ0n) is 7.55. The lowest BCUT2D eigenvalue weighted by molar-refractivity contribution is 0.664. The van der Waals surface area contributed by atoms with E-state index in [0.717, 1.165) is 4.47 Å². The fourth-order valence-electron chi connectivity index (χ4n) is 0.871. The van der Waals surface area contributed by atoms with Gasteiger partial charge in [0.05, 0.1) is 5.02 Å². The Morgan fingerprint density at radius 3 is 2.93 bits per heavy atom. The number of rotatable bonds is 2. The van der Waals surface area contributed by atoms with Crippen LogP contribution in [-0.4, -0.2) is 25.2 Å². The van der Waals surface area contributed by atoms with Crippen molar-refractivity contribution in [3.05, 3.63) is 21.8 Å². The van der Waals surface area contributed by atoms with Crippen LogP contribution >= 0.6 is 39.3 Å². The second kappa shape index (κ2) is 4.46. The molecule has 0 amide bonds. The maximum absolute atomic E-state index is 6.01. The van der Waals surface area contributed by atoms with Gasteiger partial charge < -0.3 is 0 Å². The van der Waals surface area contributed by atoms with Crippen molar-refractivity contribution in [1.29, 1.82) is 0 Å². The van der Waals surface area contributed by atoms with Crippen molar-refractivity contribution < 1.29 is 0 Å². The van der Waals surface area contributed by atoms with Crippen LogP contribution in [0.1, 0.15) is 0 Å². The Morgan fingerprint density at radius 2 is 2.33 bits per heavy atom. The van der Waals surface area contributed by atoms with Gasteiger partial charge in [0, 0.05) is 17.7 Å². The molecule has 2 rings (SSSR count). The van der Waals surface area contributed by atoms with Gasteiger partial charge in [0.1, 0.15) is 5.03 Å². The number of aryl methyl sites for hydroxylation is 1. The van der Waals surface area contributed by atoms with E-state index in [-0.39, 0.29) is 0 Å². The topological polar surface area (TPSA) is 56.5 Å². The predicted octanol–water partition coefficient (Wildman–Crippen LogP) is 2.17. The number of hydrogen-bond acceptors (Lipinski definition) is 5. The van der Waals surface area contributed by atoms with Crippen LogP contribution in [0.5, 0.6) is 0 Å². The third kappa shape index (κ3) is 2.47. The molecule has 0 N–H and O–H groups in total. The standard InChI is InChI=1S/C7H5BrClN5S/c1-14-7(11-12-13-14)15-6-5(9)2-4(8)3-10-6/h2-3H,1H3. The summed E-state index contributed by atoms with van der Waals surface area (Å²) >= 11 is 10.6. The van der Waals surface area contributed by atoms with Crippen LogP contribution in [0.2, 0.25) is 5.02 Å². The van der Waals surface area contributed by atoms with Crippen LogP contribution < -0.4 is 0 Å². The molecule has 0 bridgehead atoms. The molecule has 0 atom stereocenters. The van der Waals surface area contributed by atoms with Crippen molar-refractivity contribution in [3.8, 4) is 0 Å². The van der Waals surface area contributed by atoms with Crippen LogP contribution in [0.3, 0.4) is 0 Å². The molecule has 2 aromatic heterocycles. The summed E-state index contributed by atoms with van der Waals surface area (Å²) in [6.07, 6.45) is 1.68. The predicted molar refractivity (Wildman–Crippen MR) is 59.9 cm³/mol. The number of nitrogens with zero attached hydrogens (tertiary/aromatic N) is 5. The monoisotopic (exact) mass is 305 g/mol. The van der Waals surface area contributed by atoms with Gasteiger partial charge in [-0.3, -0.25) is 0 Å². The van der Waals surface area contributed by atoms with Gasteiger partial charge in [-0.25, -0.2) is 9.67 Å². The number of pyridine rings is 1. The number of aromatic nitrogens is 5. The summed E-state index contributed by atoms with van der Waals surface area (Å²) in [5, 5.41) is 13.0. The summed E-state index contributed by atoms with van der Waals surface area (Å²) in [6.45, 7) is 0. The molecule has 0 unspecified atom stereocenters. The molecule has 0 saturated carbocycles. The maximum Gasteiger partial charge on any atom is 0.215 e. The SMILES string of the molecule is Cn1nnnc1Sc1ncc(Br)cc1Cl. The van der Waals surface area contributed by atoms with Crippen molar-refractivity contribution in [2.24, 2.45) is 7.05 Å². The molecule has 0 aliphatic carbocycles. The first kappa shape index (κ1) is 10.8. The molecule has 2 heterocycles. The fourth-order valence-corrected chi connectivity index (χ4v) is 2.30. The minimum Gasteiger partial charge on any atom is -0.247 e. The first-order valence-corrected chi connectivity index (χ1v) is 5.87. The molecule has 0 radical (unpaired) electrons. The molecule has 5 nitrogen and oxygen atoms in total. The average molecular weight is 307 g/mol. The summed E-state index contributed by atoms with van der Waals surface area (Å²) < 4.78 is 2.40. The molecule has 78 valence electrons. The highest BCUT2D eigenvalue weighted by Gasteiger charge is 2.09. The molecule has 15 heavy (non-hydrogen) atoms. The van der Waals surface area contributed by atoms with E-state index in [1.165, 1.54) is 11.8 Å².